The van der Waals surface area contributed by atoms with Crippen LogP contribution in [0.5, 0.6) is 0 Å². The molecule has 0 unspecified atom stereocenters. The summed E-state index contributed by atoms with van der Waals surface area (Å²) < 4.78 is 4.00. The maximum Gasteiger partial charge on any atom is 0.194 e. The Morgan fingerprint density at radius 1 is 1.36 bits per heavy atom. The molecule has 25 heavy (non-hydrogen) atoms. The van der Waals surface area contributed by atoms with Crippen LogP contribution in [0.1, 0.15) is 37.1 Å². The Hall–Kier alpha value is -2.02. The molecule has 0 radical (unpaired) electrons. The first-order valence-electron chi connectivity index (χ1n) is 8.57. The van der Waals surface area contributed by atoms with Crippen LogP contribution in [0.2, 0.25) is 5.02 Å². The summed E-state index contributed by atoms with van der Waals surface area (Å²) in [5, 5.41) is 12.5. The summed E-state index contributed by atoms with van der Waals surface area (Å²) in [6.07, 6.45) is 4.15. The molecule has 0 fully saturated rings. The summed E-state index contributed by atoms with van der Waals surface area (Å²) in [7, 11) is 5.99. The molecule has 8 heteroatoms. The fourth-order valence-corrected chi connectivity index (χ4v) is 2.74. The van der Waals surface area contributed by atoms with Crippen molar-refractivity contribution in [1.82, 2.24) is 29.5 Å². The number of nitrogens with zero attached hydrogens (tertiary/aromatic N) is 6. The molecule has 1 N–H and O–H groups in total. The molecule has 0 saturated heterocycles. The zero-order chi connectivity index (χ0) is 18.4. The van der Waals surface area contributed by atoms with Gasteiger partial charge in [0.05, 0.1) is 11.6 Å². The van der Waals surface area contributed by atoms with E-state index in [1.54, 1.807) is 0 Å². The van der Waals surface area contributed by atoms with Gasteiger partial charge in [0.1, 0.15) is 12.4 Å². The van der Waals surface area contributed by atoms with Gasteiger partial charge in [-0.3, -0.25) is 0 Å². The predicted octanol–water partition coefficient (Wildman–Crippen LogP) is 2.49. The van der Waals surface area contributed by atoms with Crippen molar-refractivity contribution >= 4 is 17.6 Å². The first-order valence-corrected chi connectivity index (χ1v) is 8.95. The van der Waals surface area contributed by atoms with Crippen molar-refractivity contribution in [3.8, 4) is 0 Å². The highest BCUT2D eigenvalue weighted by molar-refractivity contribution is 6.30. The minimum Gasteiger partial charge on any atom is -0.356 e. The number of nitrogens with one attached hydrogen (secondary N) is 1. The van der Waals surface area contributed by atoms with Gasteiger partial charge in [-0.2, -0.15) is 0 Å². The van der Waals surface area contributed by atoms with E-state index in [2.05, 4.69) is 27.3 Å². The monoisotopic (exact) mass is 365 g/mol. The fraction of sp³-hybridized carbons (Fsp3) is 0.588. The molecule has 0 saturated carbocycles. The lowest BCUT2D eigenvalue weighted by Gasteiger charge is -2.22. The third-order valence-electron chi connectivity index (χ3n) is 4.20. The maximum absolute atomic E-state index is 6.09. The molecule has 0 amide bonds. The van der Waals surface area contributed by atoms with Crippen LogP contribution in [0.25, 0.3) is 0 Å². The van der Waals surface area contributed by atoms with Crippen molar-refractivity contribution in [2.75, 3.05) is 13.6 Å². The van der Waals surface area contributed by atoms with Crippen LogP contribution in [-0.4, -0.2) is 43.8 Å². The molecule has 0 atom stereocenters. The highest BCUT2D eigenvalue weighted by atomic mass is 35.5. The van der Waals surface area contributed by atoms with E-state index in [9.17, 15) is 0 Å². The van der Waals surface area contributed by atoms with Gasteiger partial charge in [-0.05, 0) is 19.4 Å². The number of halogens is 1. The first-order chi connectivity index (χ1) is 11.9. The molecule has 0 spiro atoms. The molecule has 2 rings (SSSR count). The van der Waals surface area contributed by atoms with Gasteiger partial charge in [-0.15, -0.1) is 10.2 Å². The Labute approximate surface area is 154 Å². The third kappa shape index (κ3) is 5.22. The molecular weight excluding hydrogens is 338 g/mol. The number of hydrogen-bond donors (Lipinski definition) is 1. The Kier molecular flexibility index (Phi) is 6.87. The SMILES string of the molecule is CCCCNC(=NCc1nnc(C)n1C)N(C)Cc1cc(Cl)cn1C. The number of guanidine groups is 1. The van der Waals surface area contributed by atoms with Crippen molar-refractivity contribution in [2.24, 2.45) is 19.1 Å². The predicted molar refractivity (Wildman–Crippen MR) is 102 cm³/mol. The van der Waals surface area contributed by atoms with E-state index in [4.69, 9.17) is 16.6 Å². The zero-order valence-corrected chi connectivity index (χ0v) is 16.5. The van der Waals surface area contributed by atoms with E-state index >= 15 is 0 Å². The lowest BCUT2D eigenvalue weighted by atomic mass is 10.3. The van der Waals surface area contributed by atoms with Crippen molar-refractivity contribution in [1.29, 1.82) is 0 Å². The Balaban J connectivity index is 2.11. The Morgan fingerprint density at radius 3 is 2.68 bits per heavy atom. The summed E-state index contributed by atoms with van der Waals surface area (Å²) in [4.78, 5) is 6.84. The van der Waals surface area contributed by atoms with Crippen LogP contribution < -0.4 is 5.32 Å². The van der Waals surface area contributed by atoms with Gasteiger partial charge >= 0.3 is 0 Å². The van der Waals surface area contributed by atoms with Gasteiger partial charge in [0, 0.05) is 39.6 Å². The number of unbranched alkanes of at least 4 members (excludes halogenated alkanes) is 1. The number of rotatable bonds is 7. The molecule has 2 aromatic rings. The van der Waals surface area contributed by atoms with Crippen LogP contribution in [0.15, 0.2) is 17.3 Å². The van der Waals surface area contributed by atoms with Crippen molar-refractivity contribution < 1.29 is 0 Å². The second kappa shape index (κ2) is 8.89. The van der Waals surface area contributed by atoms with E-state index in [1.807, 2.05) is 49.5 Å². The van der Waals surface area contributed by atoms with E-state index in [0.717, 1.165) is 54.3 Å². The highest BCUT2D eigenvalue weighted by Gasteiger charge is 2.11. The van der Waals surface area contributed by atoms with E-state index < -0.39 is 0 Å². The van der Waals surface area contributed by atoms with E-state index in [-0.39, 0.29) is 0 Å². The number of aliphatic imine (C=N–C) groups is 1. The zero-order valence-electron chi connectivity index (χ0n) is 15.8. The van der Waals surface area contributed by atoms with Crippen LogP contribution >= 0.6 is 11.6 Å². The van der Waals surface area contributed by atoms with Gasteiger partial charge in [-0.1, -0.05) is 24.9 Å². The topological polar surface area (TPSA) is 63.3 Å². The summed E-state index contributed by atoms with van der Waals surface area (Å²) in [6.45, 7) is 6.22. The molecular formula is C17H28ClN7. The van der Waals surface area contributed by atoms with E-state index in [1.165, 1.54) is 0 Å². The van der Waals surface area contributed by atoms with Crippen LogP contribution in [0.4, 0.5) is 0 Å². The second-order valence-electron chi connectivity index (χ2n) is 6.26. The van der Waals surface area contributed by atoms with Gasteiger partial charge in [0.2, 0.25) is 0 Å². The summed E-state index contributed by atoms with van der Waals surface area (Å²) in [6, 6.07) is 1.98. The summed E-state index contributed by atoms with van der Waals surface area (Å²) >= 11 is 6.09. The molecule has 0 bridgehead atoms. The largest absolute Gasteiger partial charge is 0.356 e. The molecule has 138 valence electrons. The number of aryl methyl sites for hydroxylation is 2. The quantitative estimate of drug-likeness (QED) is 0.465. The average molecular weight is 366 g/mol. The highest BCUT2D eigenvalue weighted by Crippen LogP contribution is 2.14. The lowest BCUT2D eigenvalue weighted by Crippen LogP contribution is -2.39. The van der Waals surface area contributed by atoms with E-state index in [0.29, 0.717) is 6.54 Å². The minimum atomic E-state index is 0.490. The molecule has 0 aliphatic carbocycles. The molecule has 0 aliphatic rings. The fourth-order valence-electron chi connectivity index (χ4n) is 2.46. The normalized spacial score (nSPS) is 11.8. The Bertz CT molecular complexity index is 717. The average Bonchev–Trinajstić information content (AvgIpc) is 3.05. The first kappa shape index (κ1) is 19.3. The van der Waals surface area contributed by atoms with Gasteiger partial charge < -0.3 is 19.4 Å². The van der Waals surface area contributed by atoms with Gasteiger partial charge in [0.25, 0.3) is 0 Å². The molecule has 0 aliphatic heterocycles. The number of aromatic nitrogens is 4. The van der Waals surface area contributed by atoms with Crippen LogP contribution in [0.3, 0.4) is 0 Å². The summed E-state index contributed by atoms with van der Waals surface area (Å²) in [5.41, 5.74) is 1.13. The minimum absolute atomic E-state index is 0.490. The lowest BCUT2D eigenvalue weighted by molar-refractivity contribution is 0.458. The van der Waals surface area contributed by atoms with Gasteiger partial charge in [0.15, 0.2) is 11.8 Å². The van der Waals surface area contributed by atoms with Crippen molar-refractivity contribution in [3.63, 3.8) is 0 Å². The van der Waals surface area contributed by atoms with Crippen LogP contribution in [0, 0.1) is 6.92 Å². The molecule has 2 aromatic heterocycles. The van der Waals surface area contributed by atoms with Crippen molar-refractivity contribution in [3.05, 3.63) is 34.6 Å². The maximum atomic E-state index is 6.09. The van der Waals surface area contributed by atoms with Crippen LogP contribution in [-0.2, 0) is 27.2 Å². The Morgan fingerprint density at radius 2 is 2.12 bits per heavy atom. The molecule has 2 heterocycles. The smallest absolute Gasteiger partial charge is 0.194 e. The standard InChI is InChI=1S/C17H28ClN7/c1-6-7-8-19-17(20-10-16-22-21-13(2)25(16)5)24(4)12-15-9-14(18)11-23(15)3/h9,11H,6-8,10,12H2,1-5H3,(H,19,20). The molecule has 7 nitrogen and oxygen atoms in total. The summed E-state index contributed by atoms with van der Waals surface area (Å²) in [5.74, 6) is 2.59. The third-order valence-corrected chi connectivity index (χ3v) is 4.41. The van der Waals surface area contributed by atoms with Gasteiger partial charge in [-0.25, -0.2) is 4.99 Å². The molecule has 0 aromatic carbocycles. The second-order valence-corrected chi connectivity index (χ2v) is 6.70. The number of hydrogen-bond acceptors (Lipinski definition) is 3. The van der Waals surface area contributed by atoms with Crippen molar-refractivity contribution in [2.45, 2.75) is 39.8 Å².